The molecule has 2 rings (SSSR count). The molecule has 0 fully saturated rings. The molecular weight excluding hydrogens is 330 g/mol. The first-order valence-electron chi connectivity index (χ1n) is 7.81. The Labute approximate surface area is 151 Å². The lowest BCUT2D eigenvalue weighted by atomic mass is 10.2. The quantitative estimate of drug-likeness (QED) is 0.376. The molecular formula is C19H19N5O2. The van der Waals surface area contributed by atoms with Crippen LogP contribution in [0.2, 0.25) is 0 Å². The minimum absolute atomic E-state index is 0.100. The zero-order valence-electron chi connectivity index (χ0n) is 14.5. The van der Waals surface area contributed by atoms with Gasteiger partial charge in [-0.25, -0.2) is 0 Å². The van der Waals surface area contributed by atoms with Crippen LogP contribution in [0.3, 0.4) is 0 Å². The number of rotatable bonds is 5. The van der Waals surface area contributed by atoms with Gasteiger partial charge in [0.25, 0.3) is 5.91 Å². The molecule has 5 N–H and O–H groups in total. The summed E-state index contributed by atoms with van der Waals surface area (Å²) in [7, 11) is 0. The number of nitrogens with one attached hydrogen (secondary N) is 3. The molecule has 0 bridgehead atoms. The van der Waals surface area contributed by atoms with E-state index in [1.807, 2.05) is 25.1 Å². The Bertz CT molecular complexity index is 895. The highest BCUT2D eigenvalue weighted by Gasteiger charge is 2.10. The van der Waals surface area contributed by atoms with Crippen LogP contribution in [0.1, 0.15) is 12.5 Å². The van der Waals surface area contributed by atoms with Crippen molar-refractivity contribution in [2.24, 2.45) is 0 Å². The van der Waals surface area contributed by atoms with Gasteiger partial charge in [0, 0.05) is 24.5 Å². The van der Waals surface area contributed by atoms with Crippen molar-refractivity contribution in [2.75, 3.05) is 21.7 Å². The summed E-state index contributed by atoms with van der Waals surface area (Å²) in [6, 6.07) is 13.8. The maximum atomic E-state index is 12.2. The van der Waals surface area contributed by atoms with Crippen LogP contribution in [0.4, 0.5) is 22.7 Å². The summed E-state index contributed by atoms with van der Waals surface area (Å²) in [6.07, 6.45) is 1.31. The standard InChI is InChI=1S/C19H19N5O2/c1-12-3-8-17(21)18(9-12)22-11-14(10-20)19(26)24-16-6-4-15(5-7-16)23-13(2)25/h3-9,11,22H,21H2,1-2H3,(H,23,25)(H,24,26)/b14-11-. The Hall–Kier alpha value is -3.79. The Morgan fingerprint density at radius 3 is 2.27 bits per heavy atom. The van der Waals surface area contributed by atoms with Gasteiger partial charge in [-0.1, -0.05) is 6.07 Å². The average Bonchev–Trinajstić information content (AvgIpc) is 2.59. The molecule has 0 saturated heterocycles. The third kappa shape index (κ3) is 5.11. The molecule has 2 aromatic carbocycles. The topological polar surface area (TPSA) is 120 Å². The number of anilines is 4. The Kier molecular flexibility index (Phi) is 5.96. The average molecular weight is 349 g/mol. The van der Waals surface area contributed by atoms with Gasteiger partial charge in [0.15, 0.2) is 0 Å². The van der Waals surface area contributed by atoms with E-state index in [0.29, 0.717) is 22.7 Å². The van der Waals surface area contributed by atoms with Crippen LogP contribution in [0, 0.1) is 18.3 Å². The third-order valence-electron chi connectivity index (χ3n) is 3.41. The zero-order valence-corrected chi connectivity index (χ0v) is 14.5. The molecule has 7 nitrogen and oxygen atoms in total. The van der Waals surface area contributed by atoms with E-state index in [0.717, 1.165) is 5.56 Å². The van der Waals surface area contributed by atoms with Gasteiger partial charge in [-0.2, -0.15) is 5.26 Å². The summed E-state index contributed by atoms with van der Waals surface area (Å²) in [5.74, 6) is -0.739. The summed E-state index contributed by atoms with van der Waals surface area (Å²) < 4.78 is 0. The van der Waals surface area contributed by atoms with Crippen LogP contribution >= 0.6 is 0 Å². The largest absolute Gasteiger partial charge is 0.397 e. The smallest absolute Gasteiger partial charge is 0.267 e. The molecule has 0 aliphatic carbocycles. The van der Waals surface area contributed by atoms with Crippen LogP contribution in [-0.2, 0) is 9.59 Å². The number of nitriles is 1. The lowest BCUT2D eigenvalue weighted by Crippen LogP contribution is -2.14. The van der Waals surface area contributed by atoms with Crippen molar-refractivity contribution in [3.05, 3.63) is 59.8 Å². The van der Waals surface area contributed by atoms with Gasteiger partial charge in [0.2, 0.25) is 5.91 Å². The first-order chi connectivity index (χ1) is 12.4. The van der Waals surface area contributed by atoms with Crippen molar-refractivity contribution in [3.63, 3.8) is 0 Å². The fourth-order valence-corrected chi connectivity index (χ4v) is 2.13. The van der Waals surface area contributed by atoms with E-state index < -0.39 is 5.91 Å². The Morgan fingerprint density at radius 1 is 1.08 bits per heavy atom. The van der Waals surface area contributed by atoms with Gasteiger partial charge in [0.1, 0.15) is 11.6 Å². The van der Waals surface area contributed by atoms with E-state index in [9.17, 15) is 14.9 Å². The highest BCUT2D eigenvalue weighted by molar-refractivity contribution is 6.06. The summed E-state index contributed by atoms with van der Waals surface area (Å²) in [4.78, 5) is 23.2. The van der Waals surface area contributed by atoms with Crippen molar-refractivity contribution >= 4 is 34.6 Å². The summed E-state index contributed by atoms with van der Waals surface area (Å²) in [5, 5.41) is 17.4. The molecule has 0 atom stereocenters. The molecule has 26 heavy (non-hydrogen) atoms. The van der Waals surface area contributed by atoms with Gasteiger partial charge in [-0.15, -0.1) is 0 Å². The number of hydrogen-bond donors (Lipinski definition) is 4. The van der Waals surface area contributed by atoms with Crippen LogP contribution in [0.15, 0.2) is 54.2 Å². The molecule has 2 aromatic rings. The molecule has 0 radical (unpaired) electrons. The van der Waals surface area contributed by atoms with Gasteiger partial charge < -0.3 is 21.7 Å². The molecule has 7 heteroatoms. The van der Waals surface area contributed by atoms with Gasteiger partial charge in [-0.05, 0) is 48.9 Å². The number of nitrogens with two attached hydrogens (primary N) is 1. The minimum atomic E-state index is -0.557. The molecule has 2 amide bonds. The van der Waals surface area contributed by atoms with Gasteiger partial charge >= 0.3 is 0 Å². The molecule has 0 aromatic heterocycles. The predicted molar refractivity (Wildman–Crippen MR) is 102 cm³/mol. The van der Waals surface area contributed by atoms with Crippen LogP contribution < -0.4 is 21.7 Å². The molecule has 132 valence electrons. The number of nitrogen functional groups attached to an aromatic ring is 1. The number of amides is 2. The van der Waals surface area contributed by atoms with E-state index in [1.165, 1.54) is 13.1 Å². The second kappa shape index (κ2) is 8.35. The lowest BCUT2D eigenvalue weighted by Gasteiger charge is -2.08. The minimum Gasteiger partial charge on any atom is -0.397 e. The zero-order chi connectivity index (χ0) is 19.1. The first-order valence-corrected chi connectivity index (χ1v) is 7.81. The fraction of sp³-hybridized carbons (Fsp3) is 0.105. The normalized spacial score (nSPS) is 10.6. The van der Waals surface area contributed by atoms with E-state index >= 15 is 0 Å². The first kappa shape index (κ1) is 18.5. The summed E-state index contributed by atoms with van der Waals surface area (Å²) >= 11 is 0. The van der Waals surface area contributed by atoms with E-state index in [-0.39, 0.29) is 11.5 Å². The second-order valence-electron chi connectivity index (χ2n) is 5.62. The monoisotopic (exact) mass is 349 g/mol. The van der Waals surface area contributed by atoms with Crippen molar-refractivity contribution in [2.45, 2.75) is 13.8 Å². The highest BCUT2D eigenvalue weighted by atomic mass is 16.2. The molecule has 0 unspecified atom stereocenters. The van der Waals surface area contributed by atoms with Crippen LogP contribution in [-0.4, -0.2) is 11.8 Å². The van der Waals surface area contributed by atoms with Crippen molar-refractivity contribution in [3.8, 4) is 6.07 Å². The number of carbonyl (C=O) groups is 2. The van der Waals surface area contributed by atoms with Crippen LogP contribution in [0.5, 0.6) is 0 Å². The molecule has 0 spiro atoms. The summed E-state index contributed by atoms with van der Waals surface area (Å²) in [5.41, 5.74) is 9.00. The van der Waals surface area contributed by atoms with Crippen LogP contribution in [0.25, 0.3) is 0 Å². The summed E-state index contributed by atoms with van der Waals surface area (Å²) in [6.45, 7) is 3.32. The number of benzene rings is 2. The van der Waals surface area contributed by atoms with Gasteiger partial charge in [-0.3, -0.25) is 9.59 Å². The Morgan fingerprint density at radius 2 is 1.69 bits per heavy atom. The van der Waals surface area contributed by atoms with E-state index in [2.05, 4.69) is 16.0 Å². The number of hydrogen-bond acceptors (Lipinski definition) is 5. The predicted octanol–water partition coefficient (Wildman–Crippen LogP) is 2.99. The number of carbonyl (C=O) groups excluding carboxylic acids is 2. The highest BCUT2D eigenvalue weighted by Crippen LogP contribution is 2.20. The maximum absolute atomic E-state index is 12.2. The SMILES string of the molecule is CC(=O)Nc1ccc(NC(=O)/C(C#N)=C\Nc2cc(C)ccc2N)cc1. The molecule has 0 saturated carbocycles. The molecule has 0 heterocycles. The molecule has 0 aliphatic rings. The number of nitrogens with zero attached hydrogens (tertiary/aromatic N) is 1. The Balaban J connectivity index is 2.07. The fourth-order valence-electron chi connectivity index (χ4n) is 2.13. The molecule has 0 aliphatic heterocycles. The van der Waals surface area contributed by atoms with Crippen molar-refractivity contribution in [1.29, 1.82) is 5.26 Å². The second-order valence-corrected chi connectivity index (χ2v) is 5.62. The van der Waals surface area contributed by atoms with E-state index in [4.69, 9.17) is 5.73 Å². The van der Waals surface area contributed by atoms with E-state index in [1.54, 1.807) is 30.3 Å². The van der Waals surface area contributed by atoms with Crippen molar-refractivity contribution < 1.29 is 9.59 Å². The lowest BCUT2D eigenvalue weighted by molar-refractivity contribution is -0.114. The maximum Gasteiger partial charge on any atom is 0.267 e. The van der Waals surface area contributed by atoms with Crippen molar-refractivity contribution in [1.82, 2.24) is 0 Å². The number of aryl methyl sites for hydroxylation is 1. The van der Waals surface area contributed by atoms with Gasteiger partial charge in [0.05, 0.1) is 11.4 Å². The third-order valence-corrected chi connectivity index (χ3v) is 3.41.